The van der Waals surface area contributed by atoms with E-state index in [1.54, 1.807) is 6.07 Å². The summed E-state index contributed by atoms with van der Waals surface area (Å²) in [5.41, 5.74) is 4.87. The molecule has 8 nitrogen and oxygen atoms in total. The molecule has 0 radical (unpaired) electrons. The molecular formula is C33H48N2O6Si2. The summed E-state index contributed by atoms with van der Waals surface area (Å²) in [4.78, 5) is 23.2. The highest BCUT2D eigenvalue weighted by molar-refractivity contribution is 6.76. The van der Waals surface area contributed by atoms with Gasteiger partial charge in [-0.3, -0.25) is 0 Å². The van der Waals surface area contributed by atoms with Gasteiger partial charge >= 0.3 is 11.9 Å². The Bertz CT molecular complexity index is 1560. The lowest BCUT2D eigenvalue weighted by Crippen LogP contribution is -2.22. The van der Waals surface area contributed by atoms with E-state index in [9.17, 15) is 14.7 Å². The Labute approximate surface area is 257 Å². The smallest absolute Gasteiger partial charge is 0.338 e. The Kier molecular flexibility index (Phi) is 11.6. The number of aryl methyl sites for hydroxylation is 2. The topological polar surface area (TPSA) is 91.9 Å². The van der Waals surface area contributed by atoms with E-state index < -0.39 is 22.1 Å². The molecule has 4 rings (SSSR count). The van der Waals surface area contributed by atoms with Crippen molar-refractivity contribution in [3.8, 4) is 0 Å². The number of esters is 1. The van der Waals surface area contributed by atoms with E-state index in [1.807, 2.05) is 59.6 Å². The lowest BCUT2D eigenvalue weighted by molar-refractivity contribution is 0.0601. The number of nitrogens with zero attached hydrogens (tertiary/aromatic N) is 2. The number of aromatic carboxylic acids is 1. The van der Waals surface area contributed by atoms with Gasteiger partial charge in [0.05, 0.1) is 29.3 Å². The van der Waals surface area contributed by atoms with E-state index in [1.165, 1.54) is 7.11 Å². The molecule has 0 saturated heterocycles. The average molecular weight is 625 g/mol. The first-order valence-corrected chi connectivity index (χ1v) is 22.2. The van der Waals surface area contributed by atoms with Gasteiger partial charge in [0.2, 0.25) is 0 Å². The van der Waals surface area contributed by atoms with Gasteiger partial charge in [0, 0.05) is 52.5 Å². The molecule has 0 amide bonds. The summed E-state index contributed by atoms with van der Waals surface area (Å²) in [6.07, 6.45) is 3.86. The maximum Gasteiger partial charge on any atom is 0.338 e. The van der Waals surface area contributed by atoms with E-state index in [2.05, 4.69) is 45.3 Å². The molecule has 10 heteroatoms. The third kappa shape index (κ3) is 9.92. The maximum absolute atomic E-state index is 11.9. The van der Waals surface area contributed by atoms with Crippen LogP contribution in [0.4, 0.5) is 0 Å². The molecule has 1 N–H and O–H groups in total. The molecular weight excluding hydrogens is 577 g/mol. The van der Waals surface area contributed by atoms with Crippen molar-refractivity contribution in [2.75, 3.05) is 20.3 Å². The number of ether oxygens (including phenoxy) is 3. The molecule has 2 aromatic carbocycles. The zero-order valence-electron chi connectivity index (χ0n) is 27.2. The van der Waals surface area contributed by atoms with Crippen molar-refractivity contribution in [2.24, 2.45) is 0 Å². The molecule has 0 saturated carbocycles. The van der Waals surface area contributed by atoms with Crippen LogP contribution in [0.1, 0.15) is 31.8 Å². The van der Waals surface area contributed by atoms with E-state index in [4.69, 9.17) is 14.2 Å². The van der Waals surface area contributed by atoms with Crippen molar-refractivity contribution in [3.63, 3.8) is 0 Å². The van der Waals surface area contributed by atoms with Gasteiger partial charge in [-0.25, -0.2) is 9.59 Å². The molecule has 0 aliphatic heterocycles. The number of hydrogen-bond acceptors (Lipinski definition) is 5. The Hall–Kier alpha value is -3.19. The van der Waals surface area contributed by atoms with Gasteiger partial charge in [-0.1, -0.05) is 39.3 Å². The molecule has 2 heterocycles. The van der Waals surface area contributed by atoms with Gasteiger partial charge in [-0.2, -0.15) is 0 Å². The fraction of sp³-hybridized carbons (Fsp3) is 0.455. The van der Waals surface area contributed by atoms with E-state index in [0.717, 1.165) is 58.2 Å². The van der Waals surface area contributed by atoms with Gasteiger partial charge in [0.1, 0.15) is 13.5 Å². The average Bonchev–Trinajstić information content (AvgIpc) is 3.50. The highest BCUT2D eigenvalue weighted by Crippen LogP contribution is 2.24. The zero-order chi connectivity index (χ0) is 31.9. The zero-order valence-corrected chi connectivity index (χ0v) is 29.2. The summed E-state index contributed by atoms with van der Waals surface area (Å²) in [6.45, 7) is 20.4. The predicted octanol–water partition coefficient (Wildman–Crippen LogP) is 8.01. The number of rotatable bonds is 12. The van der Waals surface area contributed by atoms with Crippen LogP contribution >= 0.6 is 0 Å². The SMILES string of the molecule is COC(=O)c1cc(C)cc2c1ccn2COCC[Si](C)(C)C.Cc1cc(C(=O)O)c2ccn(COCC[Si](C)(C)C)c2c1. The van der Waals surface area contributed by atoms with Crippen LogP contribution in [0, 0.1) is 13.8 Å². The minimum Gasteiger partial charge on any atom is -0.478 e. The summed E-state index contributed by atoms with van der Waals surface area (Å²) in [6, 6.07) is 13.7. The number of carbonyl (C=O) groups is 2. The highest BCUT2D eigenvalue weighted by Gasteiger charge is 2.16. The largest absolute Gasteiger partial charge is 0.478 e. The Morgan fingerprint density at radius 2 is 1.14 bits per heavy atom. The first-order valence-electron chi connectivity index (χ1n) is 14.8. The number of benzene rings is 2. The Balaban J connectivity index is 0.000000236. The number of carbonyl (C=O) groups excluding carboxylic acids is 1. The Morgan fingerprint density at radius 3 is 1.53 bits per heavy atom. The summed E-state index contributed by atoms with van der Waals surface area (Å²) in [5.74, 6) is -1.19. The van der Waals surface area contributed by atoms with Crippen LogP contribution in [0.15, 0.2) is 48.8 Å². The fourth-order valence-electron chi connectivity index (χ4n) is 4.64. The van der Waals surface area contributed by atoms with Crippen LogP contribution in [0.3, 0.4) is 0 Å². The summed E-state index contributed by atoms with van der Waals surface area (Å²) < 4.78 is 20.4. The normalized spacial score (nSPS) is 11.9. The van der Waals surface area contributed by atoms with Crippen molar-refractivity contribution >= 4 is 49.9 Å². The van der Waals surface area contributed by atoms with Crippen LogP contribution in [0.5, 0.6) is 0 Å². The van der Waals surface area contributed by atoms with Crippen LogP contribution in [-0.2, 0) is 27.7 Å². The summed E-state index contributed by atoms with van der Waals surface area (Å²) >= 11 is 0. The lowest BCUT2D eigenvalue weighted by Gasteiger charge is -2.16. The second-order valence-corrected chi connectivity index (χ2v) is 24.8. The minimum atomic E-state index is -1.08. The first-order chi connectivity index (χ1) is 20.1. The van der Waals surface area contributed by atoms with Gasteiger partial charge in [-0.05, 0) is 73.5 Å². The standard InChI is InChI=1S/C17H25NO3Si.C16H23NO3Si/c1-13-10-15(17(19)20-2)14-6-7-18(16(14)11-13)12-21-8-9-22(3,4)5;1-12-9-14(16(18)19)13-5-6-17(15(13)10-12)11-20-7-8-21(2,3)4/h6-7,10-11H,8-9,12H2,1-5H3;5-6,9-10H,7-8,11H2,1-4H3,(H,18,19). The molecule has 0 unspecified atom stereocenters. The second-order valence-electron chi connectivity index (χ2n) is 13.6. The van der Waals surface area contributed by atoms with Crippen molar-refractivity contribution in [3.05, 3.63) is 71.0 Å². The number of aromatic nitrogens is 2. The molecule has 234 valence electrons. The quantitative estimate of drug-likeness (QED) is 0.0975. The predicted molar refractivity (Wildman–Crippen MR) is 180 cm³/mol. The van der Waals surface area contributed by atoms with Crippen molar-refractivity contribution < 1.29 is 28.9 Å². The number of fused-ring (bicyclic) bond motifs is 2. The second kappa shape index (κ2) is 14.5. The molecule has 0 bridgehead atoms. The fourth-order valence-corrected chi connectivity index (χ4v) is 6.15. The van der Waals surface area contributed by atoms with E-state index >= 15 is 0 Å². The van der Waals surface area contributed by atoms with Crippen molar-refractivity contribution in [1.82, 2.24) is 9.13 Å². The first kappa shape index (κ1) is 34.3. The third-order valence-corrected chi connectivity index (χ3v) is 10.6. The highest BCUT2D eigenvalue weighted by atomic mass is 28.3. The van der Waals surface area contributed by atoms with Gasteiger partial charge in [0.25, 0.3) is 0 Å². The molecule has 0 spiro atoms. The number of methoxy groups -OCH3 is 1. The molecule has 0 aliphatic rings. The summed E-state index contributed by atoms with van der Waals surface area (Å²) in [7, 11) is -0.734. The Morgan fingerprint density at radius 1 is 0.721 bits per heavy atom. The van der Waals surface area contributed by atoms with Crippen LogP contribution in [0.2, 0.25) is 51.4 Å². The minimum absolute atomic E-state index is 0.300. The van der Waals surface area contributed by atoms with Gasteiger partial charge in [-0.15, -0.1) is 0 Å². The number of carboxylic acids is 1. The molecule has 43 heavy (non-hydrogen) atoms. The van der Waals surface area contributed by atoms with E-state index in [-0.39, 0.29) is 5.97 Å². The van der Waals surface area contributed by atoms with Crippen molar-refractivity contribution in [2.45, 2.75) is 78.7 Å². The van der Waals surface area contributed by atoms with E-state index in [0.29, 0.717) is 24.6 Å². The van der Waals surface area contributed by atoms with Gasteiger partial charge in [0.15, 0.2) is 0 Å². The molecule has 0 fully saturated rings. The monoisotopic (exact) mass is 624 g/mol. The molecule has 2 aromatic heterocycles. The van der Waals surface area contributed by atoms with Gasteiger partial charge < -0.3 is 28.5 Å². The molecule has 0 atom stereocenters. The van der Waals surface area contributed by atoms with Crippen LogP contribution in [0.25, 0.3) is 21.8 Å². The third-order valence-electron chi connectivity index (χ3n) is 7.16. The van der Waals surface area contributed by atoms with Crippen LogP contribution in [-0.4, -0.2) is 62.7 Å². The molecule has 4 aromatic rings. The number of carboxylic acid groups (broad SMARTS) is 1. The summed E-state index contributed by atoms with van der Waals surface area (Å²) in [5, 5.41) is 11.0. The van der Waals surface area contributed by atoms with Crippen molar-refractivity contribution in [1.29, 1.82) is 0 Å². The molecule has 0 aliphatic carbocycles. The lowest BCUT2D eigenvalue weighted by atomic mass is 10.1. The maximum atomic E-state index is 11.9. The number of hydrogen-bond donors (Lipinski definition) is 1. The van der Waals surface area contributed by atoms with Crippen LogP contribution < -0.4 is 0 Å².